The van der Waals surface area contributed by atoms with E-state index in [-0.39, 0.29) is 12.0 Å². The molecule has 1 aliphatic carbocycles. The van der Waals surface area contributed by atoms with Crippen molar-refractivity contribution in [3.05, 3.63) is 53.1 Å². The Morgan fingerprint density at radius 3 is 2.47 bits per heavy atom. The Bertz CT molecular complexity index is 960. The molecule has 0 bridgehead atoms. The Balaban J connectivity index is 2.02. The van der Waals surface area contributed by atoms with E-state index in [4.69, 9.17) is 10.7 Å². The van der Waals surface area contributed by atoms with E-state index in [0.29, 0.717) is 6.04 Å². The van der Waals surface area contributed by atoms with Crippen LogP contribution in [0, 0.1) is 13.8 Å². The van der Waals surface area contributed by atoms with E-state index in [1.54, 1.807) is 0 Å². The zero-order chi connectivity index (χ0) is 24.7. The number of hydrogen-bond donors (Lipinski definition) is 2. The zero-order valence-electron chi connectivity index (χ0n) is 22.0. The molecule has 0 radical (unpaired) electrons. The van der Waals surface area contributed by atoms with E-state index in [1.807, 2.05) is 25.1 Å². The summed E-state index contributed by atoms with van der Waals surface area (Å²) in [6, 6.07) is 13.2. The number of nitrogens with zero attached hydrogens (tertiary/aromatic N) is 2. The van der Waals surface area contributed by atoms with Crippen molar-refractivity contribution >= 4 is 22.9 Å². The molecule has 0 saturated heterocycles. The predicted molar refractivity (Wildman–Crippen MR) is 147 cm³/mol. The third kappa shape index (κ3) is 6.41. The summed E-state index contributed by atoms with van der Waals surface area (Å²) in [6.07, 6.45) is 10.2. The van der Waals surface area contributed by atoms with Crippen molar-refractivity contribution in [1.29, 1.82) is 0 Å². The summed E-state index contributed by atoms with van der Waals surface area (Å²) in [4.78, 5) is 7.49. The van der Waals surface area contributed by atoms with Gasteiger partial charge in [-0.15, -0.1) is 0 Å². The molecule has 4 heteroatoms. The molecular weight excluding hydrogens is 418 g/mol. The topological polar surface area (TPSA) is 61.8 Å². The largest absolute Gasteiger partial charge is 0.397 e. The van der Waals surface area contributed by atoms with E-state index in [0.717, 1.165) is 42.0 Å². The van der Waals surface area contributed by atoms with Crippen LogP contribution in [0.1, 0.15) is 101 Å². The fourth-order valence-corrected chi connectivity index (χ4v) is 5.31. The van der Waals surface area contributed by atoms with E-state index in [1.165, 1.54) is 55.3 Å². The van der Waals surface area contributed by atoms with Gasteiger partial charge in [-0.2, -0.15) is 0 Å². The van der Waals surface area contributed by atoms with Crippen LogP contribution in [-0.2, 0) is 0 Å². The Morgan fingerprint density at radius 1 is 1.09 bits per heavy atom. The fourth-order valence-electron chi connectivity index (χ4n) is 5.31. The van der Waals surface area contributed by atoms with Gasteiger partial charge in [-0.25, -0.2) is 4.99 Å². The minimum atomic E-state index is -0.318. The van der Waals surface area contributed by atoms with Gasteiger partial charge >= 0.3 is 0 Å². The van der Waals surface area contributed by atoms with Gasteiger partial charge in [0.25, 0.3) is 0 Å². The van der Waals surface area contributed by atoms with Crippen LogP contribution in [0.3, 0.4) is 0 Å². The van der Waals surface area contributed by atoms with Crippen molar-refractivity contribution in [1.82, 2.24) is 0 Å². The van der Waals surface area contributed by atoms with Crippen LogP contribution < -0.4 is 10.6 Å². The number of nitrogen functional groups attached to an aromatic ring is 1. The van der Waals surface area contributed by atoms with Crippen LogP contribution in [0.25, 0.3) is 0 Å². The first-order chi connectivity index (χ1) is 16.3. The molecule has 3 rings (SSSR count). The SMILES string of the molecule is CCCCC(O)C(C)c1cc(N(C(C)=Nc2cccc(C)c2N)C2CCCCCC2)ccc1C. The molecule has 3 N–H and O–H groups in total. The molecule has 2 atom stereocenters. The molecule has 0 spiro atoms. The summed E-state index contributed by atoms with van der Waals surface area (Å²) in [5, 5.41) is 10.9. The number of aliphatic hydroxyl groups is 1. The molecule has 34 heavy (non-hydrogen) atoms. The average molecular weight is 464 g/mol. The third-order valence-electron chi connectivity index (χ3n) is 7.58. The van der Waals surface area contributed by atoms with Crippen molar-refractivity contribution in [3.63, 3.8) is 0 Å². The van der Waals surface area contributed by atoms with E-state index in [2.05, 4.69) is 50.8 Å². The molecule has 1 aliphatic rings. The van der Waals surface area contributed by atoms with Gasteiger partial charge in [0.1, 0.15) is 5.84 Å². The summed E-state index contributed by atoms with van der Waals surface area (Å²) < 4.78 is 0. The molecule has 2 aromatic rings. The highest BCUT2D eigenvalue weighted by Crippen LogP contribution is 2.34. The number of aliphatic imine (C=N–C) groups is 1. The molecule has 0 amide bonds. The molecule has 2 aromatic carbocycles. The first-order valence-electron chi connectivity index (χ1n) is 13.3. The second-order valence-corrected chi connectivity index (χ2v) is 10.2. The number of rotatable bonds is 8. The van der Waals surface area contributed by atoms with Gasteiger partial charge in [-0.05, 0) is 74.9 Å². The lowest BCUT2D eigenvalue weighted by molar-refractivity contribution is 0.136. The first kappa shape index (κ1) is 26.3. The Labute approximate surface area is 207 Å². The molecule has 186 valence electrons. The van der Waals surface area contributed by atoms with Crippen LogP contribution >= 0.6 is 0 Å². The Morgan fingerprint density at radius 2 is 1.79 bits per heavy atom. The minimum absolute atomic E-state index is 0.104. The van der Waals surface area contributed by atoms with Crippen molar-refractivity contribution in [2.75, 3.05) is 10.6 Å². The smallest absolute Gasteiger partial charge is 0.106 e. The van der Waals surface area contributed by atoms with Gasteiger partial charge in [0.05, 0.1) is 17.5 Å². The van der Waals surface area contributed by atoms with Crippen molar-refractivity contribution in [2.24, 2.45) is 4.99 Å². The lowest BCUT2D eigenvalue weighted by Gasteiger charge is -2.34. The maximum atomic E-state index is 10.9. The average Bonchev–Trinajstić information content (AvgIpc) is 3.10. The highest BCUT2D eigenvalue weighted by atomic mass is 16.3. The molecule has 0 heterocycles. The quantitative estimate of drug-likeness (QED) is 0.181. The van der Waals surface area contributed by atoms with Crippen molar-refractivity contribution < 1.29 is 5.11 Å². The lowest BCUT2D eigenvalue weighted by atomic mass is 9.88. The number of aliphatic hydroxyl groups excluding tert-OH is 1. The zero-order valence-corrected chi connectivity index (χ0v) is 22.0. The highest BCUT2D eigenvalue weighted by molar-refractivity contribution is 5.99. The molecule has 4 nitrogen and oxygen atoms in total. The Hall–Kier alpha value is -2.33. The molecular formula is C30H45N3O. The van der Waals surface area contributed by atoms with Gasteiger partial charge in [0.2, 0.25) is 0 Å². The maximum absolute atomic E-state index is 10.9. The minimum Gasteiger partial charge on any atom is -0.397 e. The Kier molecular flexibility index (Phi) is 9.58. The maximum Gasteiger partial charge on any atom is 0.106 e. The van der Waals surface area contributed by atoms with Crippen LogP contribution in [-0.4, -0.2) is 23.1 Å². The highest BCUT2D eigenvalue weighted by Gasteiger charge is 2.25. The van der Waals surface area contributed by atoms with E-state index >= 15 is 0 Å². The second-order valence-electron chi connectivity index (χ2n) is 10.2. The normalized spacial score (nSPS) is 17.3. The third-order valence-corrected chi connectivity index (χ3v) is 7.58. The van der Waals surface area contributed by atoms with Crippen molar-refractivity contribution in [2.45, 2.75) is 110 Å². The number of unbranched alkanes of at least 4 members (excludes halogenated alkanes) is 1. The molecule has 1 fully saturated rings. The van der Waals surface area contributed by atoms with E-state index in [9.17, 15) is 5.11 Å². The number of aryl methyl sites for hydroxylation is 2. The van der Waals surface area contributed by atoms with Gasteiger partial charge in [-0.3, -0.25) is 0 Å². The number of amidine groups is 1. The lowest BCUT2D eigenvalue weighted by Crippen LogP contribution is -2.39. The van der Waals surface area contributed by atoms with Crippen LogP contribution in [0.2, 0.25) is 0 Å². The molecule has 2 unspecified atom stereocenters. The number of nitrogens with two attached hydrogens (primary N) is 1. The van der Waals surface area contributed by atoms with Crippen LogP contribution in [0.5, 0.6) is 0 Å². The van der Waals surface area contributed by atoms with E-state index < -0.39 is 0 Å². The summed E-state index contributed by atoms with van der Waals surface area (Å²) in [7, 11) is 0. The predicted octanol–water partition coefficient (Wildman–Crippen LogP) is 7.82. The molecule has 0 aliphatic heterocycles. The first-order valence-corrected chi connectivity index (χ1v) is 13.3. The van der Waals surface area contributed by atoms with Gasteiger partial charge in [0.15, 0.2) is 0 Å². The van der Waals surface area contributed by atoms with Gasteiger partial charge < -0.3 is 15.7 Å². The van der Waals surface area contributed by atoms with Gasteiger partial charge in [-0.1, -0.05) is 70.6 Å². The van der Waals surface area contributed by atoms with Gasteiger partial charge in [0, 0.05) is 17.6 Å². The number of para-hydroxylation sites is 1. The summed E-state index contributed by atoms with van der Waals surface area (Å²) in [5.41, 5.74) is 12.7. The number of anilines is 2. The monoisotopic (exact) mass is 463 g/mol. The summed E-state index contributed by atoms with van der Waals surface area (Å²) in [6.45, 7) is 10.6. The standard InChI is InChI=1S/C30H45N3O/c1-6-7-17-29(34)23(4)27-20-26(19-18-21(27)2)33(25-14-10-8-9-11-15-25)24(5)32-28-16-12-13-22(3)30(28)31/h12-13,16,18-20,23,25,29,34H,6-11,14-15,17,31H2,1-5H3. The summed E-state index contributed by atoms with van der Waals surface area (Å²) in [5.74, 6) is 1.09. The summed E-state index contributed by atoms with van der Waals surface area (Å²) >= 11 is 0. The number of benzene rings is 2. The second kappa shape index (κ2) is 12.4. The molecule has 0 aromatic heterocycles. The number of hydrogen-bond acceptors (Lipinski definition) is 3. The fraction of sp³-hybridized carbons (Fsp3) is 0.567. The van der Waals surface area contributed by atoms with Crippen molar-refractivity contribution in [3.8, 4) is 0 Å². The van der Waals surface area contributed by atoms with Crippen LogP contribution in [0.4, 0.5) is 17.1 Å². The van der Waals surface area contributed by atoms with Crippen LogP contribution in [0.15, 0.2) is 41.4 Å². The molecule has 1 saturated carbocycles.